The minimum absolute atomic E-state index is 0.109. The molecule has 2 heterocycles. The highest BCUT2D eigenvalue weighted by molar-refractivity contribution is 9.10. The van der Waals surface area contributed by atoms with Gasteiger partial charge in [0.05, 0.1) is 19.8 Å². The van der Waals surface area contributed by atoms with Crippen LogP contribution in [0.4, 0.5) is 0 Å². The highest BCUT2D eigenvalue weighted by Crippen LogP contribution is 2.38. The molecule has 1 amide bonds. The molecule has 2 aliphatic heterocycles. The van der Waals surface area contributed by atoms with Crippen LogP contribution in [0.2, 0.25) is 0 Å². The lowest BCUT2D eigenvalue weighted by molar-refractivity contribution is 0.0825. The van der Waals surface area contributed by atoms with Gasteiger partial charge in [0.2, 0.25) is 0 Å². The van der Waals surface area contributed by atoms with Crippen molar-refractivity contribution in [2.75, 3.05) is 14.2 Å². The molecule has 4 rings (SSSR count). The Balaban J connectivity index is 1.45. The van der Waals surface area contributed by atoms with Gasteiger partial charge in [-0.1, -0.05) is 46.3 Å². The zero-order valence-electron chi connectivity index (χ0n) is 16.9. The highest BCUT2D eigenvalue weighted by atomic mass is 79.9. The van der Waals surface area contributed by atoms with E-state index in [9.17, 15) is 4.79 Å². The van der Waals surface area contributed by atoms with Crippen molar-refractivity contribution in [2.24, 2.45) is 0 Å². The van der Waals surface area contributed by atoms with Crippen LogP contribution in [-0.4, -0.2) is 43.2 Å². The van der Waals surface area contributed by atoms with E-state index in [-0.39, 0.29) is 11.9 Å². The Morgan fingerprint density at radius 2 is 1.79 bits per heavy atom. The second kappa shape index (κ2) is 8.76. The summed E-state index contributed by atoms with van der Waals surface area (Å²) in [6.45, 7) is 0.994. The van der Waals surface area contributed by atoms with Gasteiger partial charge in [-0.3, -0.25) is 9.69 Å². The maximum absolute atomic E-state index is 13.0. The van der Waals surface area contributed by atoms with E-state index < -0.39 is 0 Å². The first-order valence-corrected chi connectivity index (χ1v) is 10.9. The van der Waals surface area contributed by atoms with E-state index in [1.807, 2.05) is 0 Å². The average Bonchev–Trinajstić information content (AvgIpc) is 2.96. The van der Waals surface area contributed by atoms with Gasteiger partial charge >= 0.3 is 0 Å². The van der Waals surface area contributed by atoms with Crippen molar-refractivity contribution in [3.05, 3.63) is 58.1 Å². The number of hydrogen-bond donors (Lipinski definition) is 1. The quantitative estimate of drug-likeness (QED) is 0.696. The molecule has 2 fully saturated rings. The molecule has 2 aromatic carbocycles. The standard InChI is InChI=1S/C23H27BrN2O3/c1-28-21-11-16(24)10-20(22(21)29-2)23(27)25-17-12-18-8-9-19(13-17)26(18)14-15-6-4-3-5-7-15/h3-7,10-11,17-19H,8-9,12-14H2,1-2H3,(H,25,27). The Morgan fingerprint density at radius 3 is 2.41 bits per heavy atom. The summed E-state index contributed by atoms with van der Waals surface area (Å²) < 4.78 is 11.6. The van der Waals surface area contributed by atoms with Crippen molar-refractivity contribution in [2.45, 2.75) is 50.4 Å². The van der Waals surface area contributed by atoms with Crippen LogP contribution < -0.4 is 14.8 Å². The number of benzene rings is 2. The summed E-state index contributed by atoms with van der Waals surface area (Å²) in [7, 11) is 3.14. The number of hydrogen-bond acceptors (Lipinski definition) is 4. The maximum Gasteiger partial charge on any atom is 0.255 e. The van der Waals surface area contributed by atoms with Crippen molar-refractivity contribution in [1.29, 1.82) is 0 Å². The summed E-state index contributed by atoms with van der Waals surface area (Å²) in [6.07, 6.45) is 4.39. The fourth-order valence-corrected chi connectivity index (χ4v) is 5.24. The molecule has 2 bridgehead atoms. The van der Waals surface area contributed by atoms with Gasteiger partial charge in [0, 0.05) is 29.1 Å². The minimum atomic E-state index is -0.109. The first-order chi connectivity index (χ1) is 14.1. The van der Waals surface area contributed by atoms with Crippen LogP contribution in [0.15, 0.2) is 46.9 Å². The largest absolute Gasteiger partial charge is 0.493 e. The van der Waals surface area contributed by atoms with Crippen LogP contribution in [0, 0.1) is 0 Å². The van der Waals surface area contributed by atoms with E-state index in [1.165, 1.54) is 18.4 Å². The van der Waals surface area contributed by atoms with Crippen molar-refractivity contribution in [3.63, 3.8) is 0 Å². The number of ether oxygens (including phenoxy) is 2. The van der Waals surface area contributed by atoms with Crippen LogP contribution in [0.3, 0.4) is 0 Å². The molecule has 1 N–H and O–H groups in total. The predicted molar refractivity (Wildman–Crippen MR) is 117 cm³/mol. The number of nitrogens with zero attached hydrogens (tertiary/aromatic N) is 1. The second-order valence-electron chi connectivity index (χ2n) is 7.87. The third-order valence-corrected chi connectivity index (χ3v) is 6.57. The molecule has 5 nitrogen and oxygen atoms in total. The normalized spacial score (nSPS) is 23.6. The van der Waals surface area contributed by atoms with Crippen molar-refractivity contribution >= 4 is 21.8 Å². The summed E-state index contributed by atoms with van der Waals surface area (Å²) in [5.41, 5.74) is 1.86. The maximum atomic E-state index is 13.0. The van der Waals surface area contributed by atoms with Crippen molar-refractivity contribution in [3.8, 4) is 11.5 Å². The van der Waals surface area contributed by atoms with Crippen LogP contribution in [-0.2, 0) is 6.54 Å². The molecule has 2 aromatic rings. The van der Waals surface area contributed by atoms with Crippen LogP contribution >= 0.6 is 15.9 Å². The summed E-state index contributed by atoms with van der Waals surface area (Å²) >= 11 is 3.46. The Labute approximate surface area is 180 Å². The molecule has 154 valence electrons. The molecule has 6 heteroatoms. The number of piperidine rings is 1. The molecule has 29 heavy (non-hydrogen) atoms. The van der Waals surface area contributed by atoms with Gasteiger partial charge < -0.3 is 14.8 Å². The van der Waals surface area contributed by atoms with Crippen LogP contribution in [0.5, 0.6) is 11.5 Å². The Bertz CT molecular complexity index is 860. The van der Waals surface area contributed by atoms with Gasteiger partial charge in [-0.25, -0.2) is 0 Å². The van der Waals surface area contributed by atoms with E-state index in [4.69, 9.17) is 9.47 Å². The Hall–Kier alpha value is -2.05. The lowest BCUT2D eigenvalue weighted by Gasteiger charge is -2.39. The van der Waals surface area contributed by atoms with Crippen LogP contribution in [0.25, 0.3) is 0 Å². The zero-order valence-corrected chi connectivity index (χ0v) is 18.4. The molecule has 0 aromatic heterocycles. The molecule has 2 saturated heterocycles. The minimum Gasteiger partial charge on any atom is -0.493 e. The van der Waals surface area contributed by atoms with Gasteiger partial charge in [-0.2, -0.15) is 0 Å². The third kappa shape index (κ3) is 4.28. The first kappa shape index (κ1) is 20.2. The lowest BCUT2D eigenvalue weighted by Crippen LogP contribution is -2.50. The summed E-state index contributed by atoms with van der Waals surface area (Å²) in [5, 5.41) is 3.25. The molecule has 2 aliphatic rings. The average molecular weight is 459 g/mol. The van der Waals surface area contributed by atoms with E-state index in [0.29, 0.717) is 29.1 Å². The summed E-state index contributed by atoms with van der Waals surface area (Å²) in [4.78, 5) is 15.7. The van der Waals surface area contributed by atoms with Gasteiger partial charge in [0.1, 0.15) is 0 Å². The molecule has 0 radical (unpaired) electrons. The number of carbonyl (C=O) groups excluding carboxylic acids is 1. The molecular weight excluding hydrogens is 432 g/mol. The summed E-state index contributed by atoms with van der Waals surface area (Å²) in [5.74, 6) is 0.907. The topological polar surface area (TPSA) is 50.8 Å². The van der Waals surface area contributed by atoms with Gasteiger partial charge in [-0.05, 0) is 43.4 Å². The van der Waals surface area contributed by atoms with E-state index in [2.05, 4.69) is 56.5 Å². The van der Waals surface area contributed by atoms with Crippen molar-refractivity contribution in [1.82, 2.24) is 10.2 Å². The predicted octanol–water partition coefficient (Wildman–Crippen LogP) is 4.39. The van der Waals surface area contributed by atoms with Gasteiger partial charge in [-0.15, -0.1) is 0 Å². The summed E-state index contributed by atoms with van der Waals surface area (Å²) in [6, 6.07) is 15.5. The molecule has 0 aliphatic carbocycles. The van der Waals surface area contributed by atoms with E-state index >= 15 is 0 Å². The first-order valence-electron chi connectivity index (χ1n) is 10.1. The molecular formula is C23H27BrN2O3. The lowest BCUT2D eigenvalue weighted by atomic mass is 9.96. The number of nitrogens with one attached hydrogen (secondary N) is 1. The van der Waals surface area contributed by atoms with E-state index in [0.717, 1.165) is 23.9 Å². The highest BCUT2D eigenvalue weighted by Gasteiger charge is 2.41. The number of methoxy groups -OCH3 is 2. The zero-order chi connectivity index (χ0) is 20.4. The number of amides is 1. The number of rotatable bonds is 6. The fraction of sp³-hybridized carbons (Fsp3) is 0.435. The van der Waals surface area contributed by atoms with Gasteiger partial charge in [0.25, 0.3) is 5.91 Å². The Morgan fingerprint density at radius 1 is 1.10 bits per heavy atom. The number of fused-ring (bicyclic) bond motifs is 2. The monoisotopic (exact) mass is 458 g/mol. The van der Waals surface area contributed by atoms with Crippen molar-refractivity contribution < 1.29 is 14.3 Å². The smallest absolute Gasteiger partial charge is 0.255 e. The number of halogens is 1. The fourth-order valence-electron chi connectivity index (χ4n) is 4.81. The SMILES string of the molecule is COc1cc(Br)cc(C(=O)NC2CC3CCC(C2)N3Cc2ccccc2)c1OC. The molecule has 2 atom stereocenters. The number of carbonyl (C=O) groups is 1. The van der Waals surface area contributed by atoms with Crippen LogP contribution in [0.1, 0.15) is 41.6 Å². The third-order valence-electron chi connectivity index (χ3n) is 6.12. The molecule has 0 spiro atoms. The van der Waals surface area contributed by atoms with Gasteiger partial charge in [0.15, 0.2) is 11.5 Å². The molecule has 0 saturated carbocycles. The molecule has 2 unspecified atom stereocenters. The Kier molecular flexibility index (Phi) is 6.11. The van der Waals surface area contributed by atoms with E-state index in [1.54, 1.807) is 26.4 Å². The second-order valence-corrected chi connectivity index (χ2v) is 8.79.